The van der Waals surface area contributed by atoms with Crippen molar-refractivity contribution in [3.63, 3.8) is 0 Å². The van der Waals surface area contributed by atoms with Gasteiger partial charge in [-0.2, -0.15) is 0 Å². The maximum atomic E-state index is 5.37. The summed E-state index contributed by atoms with van der Waals surface area (Å²) in [6.07, 6.45) is 0. The van der Waals surface area contributed by atoms with Gasteiger partial charge in [-0.15, -0.1) is 11.3 Å². The minimum absolute atomic E-state index is 0.297. The Morgan fingerprint density at radius 3 is 1.76 bits per heavy atom. The Labute approximate surface area is 228 Å². The molecule has 1 aromatic heterocycles. The van der Waals surface area contributed by atoms with Gasteiger partial charge in [0.25, 0.3) is 0 Å². The number of hydrogen-bond donors (Lipinski definition) is 0. The van der Waals surface area contributed by atoms with Crippen LogP contribution in [0.2, 0.25) is 0 Å². The molecule has 2 aliphatic heterocycles. The van der Waals surface area contributed by atoms with E-state index >= 15 is 0 Å². The van der Waals surface area contributed by atoms with E-state index in [2.05, 4.69) is 74.5 Å². The van der Waals surface area contributed by atoms with Gasteiger partial charge in [0.1, 0.15) is 26.2 Å². The molecule has 0 saturated heterocycles. The first kappa shape index (κ1) is 23.0. The van der Waals surface area contributed by atoms with Crippen molar-refractivity contribution in [1.82, 2.24) is 4.98 Å². The fraction of sp³-hybridized carbons (Fsp3) is 0.167. The third kappa shape index (κ3) is 3.41. The largest absolute Gasteiger partial charge is 0.497 e. The average Bonchev–Trinajstić information content (AvgIpc) is 3.64. The van der Waals surface area contributed by atoms with Crippen LogP contribution in [0.4, 0.5) is 0 Å². The monoisotopic (exact) mass is 537 g/mol. The highest BCUT2D eigenvalue weighted by Crippen LogP contribution is 2.62. The second-order valence-corrected chi connectivity index (χ2v) is 13.3. The molecule has 0 amide bonds. The fourth-order valence-corrected chi connectivity index (χ4v) is 9.15. The number of benzene rings is 3. The van der Waals surface area contributed by atoms with E-state index in [-0.39, 0.29) is 9.49 Å². The number of aromatic nitrogens is 1. The summed E-state index contributed by atoms with van der Waals surface area (Å²) in [5.74, 6) is 0.836. The second-order valence-electron chi connectivity index (χ2n) is 9.46. The van der Waals surface area contributed by atoms with E-state index in [1.54, 1.807) is 18.4 Å². The van der Waals surface area contributed by atoms with Crippen LogP contribution in [0.5, 0.6) is 5.75 Å². The highest BCUT2D eigenvalue weighted by molar-refractivity contribution is 8.20. The first-order valence-corrected chi connectivity index (χ1v) is 14.5. The lowest BCUT2D eigenvalue weighted by atomic mass is 9.85. The first-order valence-electron chi connectivity index (χ1n) is 12.1. The van der Waals surface area contributed by atoms with Crippen LogP contribution in [0.15, 0.2) is 94.9 Å². The van der Waals surface area contributed by atoms with Crippen LogP contribution < -0.4 is 14.6 Å². The zero-order valence-electron chi connectivity index (χ0n) is 20.6. The summed E-state index contributed by atoms with van der Waals surface area (Å²) >= 11 is 5.41. The van der Waals surface area contributed by atoms with Crippen molar-refractivity contribution in [2.45, 2.75) is 23.3 Å². The van der Waals surface area contributed by atoms with Gasteiger partial charge < -0.3 is 4.74 Å². The zero-order valence-corrected chi connectivity index (χ0v) is 23.0. The highest BCUT2D eigenvalue weighted by atomic mass is 32.2. The Morgan fingerprint density at radius 1 is 0.649 bits per heavy atom. The summed E-state index contributed by atoms with van der Waals surface area (Å²) < 4.78 is 5.87. The topological polar surface area (TPSA) is 46.8 Å². The SMILES string of the molecule is COc1ccc(-c2nc3c(s2)=C2N=C(c4ccccc4)SC2(C)C2(C)SC(c4ccccc4)=NC=32)cc1. The van der Waals surface area contributed by atoms with Gasteiger partial charge in [0.15, 0.2) is 0 Å². The average molecular weight is 538 g/mol. The van der Waals surface area contributed by atoms with Crippen LogP contribution in [0, 0.1) is 0 Å². The molecule has 7 rings (SSSR count). The molecule has 3 aromatic carbocycles. The van der Waals surface area contributed by atoms with E-state index in [9.17, 15) is 0 Å². The minimum Gasteiger partial charge on any atom is -0.497 e. The van der Waals surface area contributed by atoms with Crippen molar-refractivity contribution in [1.29, 1.82) is 0 Å². The van der Waals surface area contributed by atoms with E-state index in [4.69, 9.17) is 19.7 Å². The smallest absolute Gasteiger partial charge is 0.124 e. The van der Waals surface area contributed by atoms with Crippen molar-refractivity contribution < 1.29 is 4.74 Å². The molecule has 7 heteroatoms. The molecule has 182 valence electrons. The number of hydrogen-bond acceptors (Lipinski definition) is 7. The molecule has 0 spiro atoms. The quantitative estimate of drug-likeness (QED) is 0.323. The lowest BCUT2D eigenvalue weighted by molar-refractivity contribution is 0.415. The number of fused-ring (bicyclic) bond motifs is 4. The Hall–Kier alpha value is -3.13. The molecule has 0 radical (unpaired) electrons. The number of ether oxygens (including phenoxy) is 1. The lowest BCUT2D eigenvalue weighted by Crippen LogP contribution is -2.53. The number of thioether (sulfide) groups is 2. The van der Waals surface area contributed by atoms with E-state index in [1.165, 1.54) is 0 Å². The molecule has 2 atom stereocenters. The van der Waals surface area contributed by atoms with Gasteiger partial charge in [0.2, 0.25) is 0 Å². The van der Waals surface area contributed by atoms with Gasteiger partial charge >= 0.3 is 0 Å². The molecule has 0 fully saturated rings. The van der Waals surface area contributed by atoms with Gasteiger partial charge in [0.05, 0.1) is 32.5 Å². The molecule has 3 aliphatic rings. The van der Waals surface area contributed by atoms with Gasteiger partial charge in [0, 0.05) is 16.7 Å². The predicted molar refractivity (Wildman–Crippen MR) is 158 cm³/mol. The molecule has 0 saturated carbocycles. The molecular weight excluding hydrogens is 515 g/mol. The van der Waals surface area contributed by atoms with Crippen molar-refractivity contribution >= 4 is 56.3 Å². The van der Waals surface area contributed by atoms with Crippen LogP contribution in [0.3, 0.4) is 0 Å². The highest BCUT2D eigenvalue weighted by Gasteiger charge is 2.60. The number of methoxy groups -OCH3 is 1. The number of rotatable bonds is 4. The molecule has 3 heterocycles. The van der Waals surface area contributed by atoms with Gasteiger partial charge in [-0.1, -0.05) is 84.2 Å². The third-order valence-corrected chi connectivity index (χ3v) is 11.6. The fourth-order valence-electron chi connectivity index (χ4n) is 5.05. The summed E-state index contributed by atoms with van der Waals surface area (Å²) in [6, 6.07) is 29.1. The van der Waals surface area contributed by atoms with Gasteiger partial charge in [-0.05, 0) is 38.1 Å². The molecule has 0 bridgehead atoms. The van der Waals surface area contributed by atoms with Gasteiger partial charge in [-0.3, -0.25) is 0 Å². The van der Waals surface area contributed by atoms with E-state index in [0.29, 0.717) is 0 Å². The molecule has 2 unspecified atom stereocenters. The Bertz CT molecular complexity index is 1620. The van der Waals surface area contributed by atoms with Crippen LogP contribution in [0.25, 0.3) is 22.0 Å². The van der Waals surface area contributed by atoms with Crippen molar-refractivity contribution in [3.8, 4) is 16.3 Å². The van der Waals surface area contributed by atoms with Crippen LogP contribution in [0.1, 0.15) is 25.0 Å². The number of aliphatic imine (C=N–C) groups is 2. The van der Waals surface area contributed by atoms with Crippen molar-refractivity contribution in [2.24, 2.45) is 9.98 Å². The second kappa shape index (κ2) is 8.45. The van der Waals surface area contributed by atoms with Crippen molar-refractivity contribution in [2.75, 3.05) is 7.11 Å². The molecule has 4 aromatic rings. The lowest BCUT2D eigenvalue weighted by Gasteiger charge is -2.41. The normalized spacial score (nSPS) is 23.8. The summed E-state index contributed by atoms with van der Waals surface area (Å²) in [5.41, 5.74) is 5.51. The predicted octanol–water partition coefficient (Wildman–Crippen LogP) is 5.95. The van der Waals surface area contributed by atoms with E-state index < -0.39 is 0 Å². The first-order chi connectivity index (χ1) is 18.0. The van der Waals surface area contributed by atoms with Gasteiger partial charge in [-0.25, -0.2) is 15.0 Å². The van der Waals surface area contributed by atoms with Crippen molar-refractivity contribution in [3.05, 3.63) is 106 Å². The summed E-state index contributed by atoms with van der Waals surface area (Å²) in [4.78, 5) is 15.8. The Balaban J connectivity index is 1.50. The summed E-state index contributed by atoms with van der Waals surface area (Å²) in [5, 5.41) is 4.03. The van der Waals surface area contributed by atoms with E-state index in [1.807, 2.05) is 47.8 Å². The molecule has 0 N–H and O–H groups in total. The zero-order chi connectivity index (χ0) is 25.2. The Kier molecular flexibility index (Phi) is 5.26. The standard InChI is InChI=1S/C30H23N3OS3/c1-29-24(32-27(36-29)18-10-6-4-7-11-18)22-23(35-26(31-22)20-14-16-21(34-3)17-15-20)25-30(29,2)37-28(33-25)19-12-8-5-9-13-19/h4-17H,1-3H3. The van der Waals surface area contributed by atoms with Crippen LogP contribution in [-0.2, 0) is 0 Å². The maximum absolute atomic E-state index is 5.37. The molecule has 4 nitrogen and oxygen atoms in total. The van der Waals surface area contributed by atoms with Crippen LogP contribution >= 0.6 is 34.9 Å². The van der Waals surface area contributed by atoms with Crippen LogP contribution in [-0.4, -0.2) is 31.7 Å². The maximum Gasteiger partial charge on any atom is 0.124 e. The molecule has 37 heavy (non-hydrogen) atoms. The van der Waals surface area contributed by atoms with E-state index in [0.717, 1.165) is 58.8 Å². The number of nitrogens with zero attached hydrogens (tertiary/aromatic N) is 3. The molecule has 1 aliphatic carbocycles. The summed E-state index contributed by atoms with van der Waals surface area (Å²) in [6.45, 7) is 4.65. The number of thiazole rings is 1. The molecular formula is C30H23N3OS3. The third-order valence-electron chi connectivity index (χ3n) is 7.29. The Morgan fingerprint density at radius 2 is 1.19 bits per heavy atom. The minimum atomic E-state index is -0.323. The summed E-state index contributed by atoms with van der Waals surface area (Å²) in [7, 11) is 1.69.